The van der Waals surface area contributed by atoms with Gasteiger partial charge in [0.25, 0.3) is 0 Å². The van der Waals surface area contributed by atoms with Crippen molar-refractivity contribution in [3.8, 4) is 0 Å². The largest absolute Gasteiger partial charge is 0.165 e. The van der Waals surface area contributed by atoms with Gasteiger partial charge in [0.2, 0.25) is 0 Å². The molecule has 0 rings (SSSR count). The highest BCUT2D eigenvalue weighted by atomic mass is 35.7. The Morgan fingerprint density at radius 2 is 1.89 bits per heavy atom. The van der Waals surface area contributed by atoms with Crippen molar-refractivity contribution in [2.45, 2.75) is 13.8 Å². The molecule has 0 amide bonds. The van der Waals surface area contributed by atoms with Crippen molar-refractivity contribution < 1.29 is 0 Å². The summed E-state index contributed by atoms with van der Waals surface area (Å²) in [6.45, 7) is 4.20. The molecule has 0 unspecified atom stereocenters. The highest BCUT2D eigenvalue weighted by Crippen LogP contribution is 2.45. The van der Waals surface area contributed by atoms with E-state index in [0.29, 0.717) is 0 Å². The maximum absolute atomic E-state index is 6.02. The van der Waals surface area contributed by atoms with Crippen LogP contribution >= 0.6 is 19.9 Å². The van der Waals surface area contributed by atoms with Gasteiger partial charge in [0.05, 0.1) is 0 Å². The summed E-state index contributed by atoms with van der Waals surface area (Å²) in [4.78, 5) is 0. The van der Waals surface area contributed by atoms with Crippen LogP contribution in [-0.2, 0) is 0 Å². The van der Waals surface area contributed by atoms with Gasteiger partial charge in [-0.1, -0.05) is 22.3 Å². The molecular formula is C7H15ClS. The second kappa shape index (κ2) is 3.52. The Labute approximate surface area is 64.1 Å². The lowest BCUT2D eigenvalue weighted by atomic mass is 10.3. The monoisotopic (exact) mass is 166 g/mol. The SMILES string of the molecule is CC(C)=CCS(C)(C)Cl. The van der Waals surface area contributed by atoms with Gasteiger partial charge in [0.15, 0.2) is 0 Å². The average molecular weight is 167 g/mol. The summed E-state index contributed by atoms with van der Waals surface area (Å²) in [5.74, 6) is 1.04. The predicted octanol–water partition coefficient (Wildman–Crippen LogP) is 3.17. The first-order valence-corrected chi connectivity index (χ1v) is 6.40. The molecule has 0 aliphatic heterocycles. The van der Waals surface area contributed by atoms with Gasteiger partial charge in [-0.15, -0.1) is 0 Å². The van der Waals surface area contributed by atoms with Gasteiger partial charge in [-0.3, -0.25) is 0 Å². The molecule has 0 aromatic rings. The molecule has 2 heteroatoms. The van der Waals surface area contributed by atoms with Crippen molar-refractivity contribution in [3.05, 3.63) is 11.6 Å². The highest BCUT2D eigenvalue weighted by molar-refractivity contribution is 8.50. The summed E-state index contributed by atoms with van der Waals surface area (Å²) in [6, 6.07) is 0. The highest BCUT2D eigenvalue weighted by Gasteiger charge is 2.02. The minimum atomic E-state index is -0.823. The Kier molecular flexibility index (Phi) is 3.67. The summed E-state index contributed by atoms with van der Waals surface area (Å²) >= 11 is 0. The van der Waals surface area contributed by atoms with E-state index in [1.54, 1.807) is 0 Å². The van der Waals surface area contributed by atoms with Gasteiger partial charge in [0, 0.05) is 5.75 Å². The third-order valence-corrected chi connectivity index (χ3v) is 2.23. The van der Waals surface area contributed by atoms with Crippen LogP contribution in [0.3, 0.4) is 0 Å². The van der Waals surface area contributed by atoms with E-state index in [4.69, 9.17) is 10.7 Å². The first-order valence-electron chi connectivity index (χ1n) is 2.96. The Morgan fingerprint density at radius 1 is 1.44 bits per heavy atom. The van der Waals surface area contributed by atoms with E-state index in [2.05, 4.69) is 32.4 Å². The molecule has 0 aliphatic carbocycles. The molecule has 0 heterocycles. The fourth-order valence-electron chi connectivity index (χ4n) is 0.365. The summed E-state index contributed by atoms with van der Waals surface area (Å²) in [5, 5.41) is 0. The number of rotatable bonds is 2. The number of allylic oxidation sites excluding steroid dienone is 1. The molecule has 0 aromatic carbocycles. The zero-order valence-corrected chi connectivity index (χ0v) is 8.14. The van der Waals surface area contributed by atoms with Gasteiger partial charge in [-0.05, 0) is 26.4 Å². The molecule has 0 nitrogen and oxygen atoms in total. The summed E-state index contributed by atoms with van der Waals surface area (Å²) in [5.41, 5.74) is 1.36. The van der Waals surface area contributed by atoms with Crippen molar-refractivity contribution in [2.75, 3.05) is 18.3 Å². The number of hydrogen-bond donors (Lipinski definition) is 0. The topological polar surface area (TPSA) is 0 Å². The molecule has 0 atom stereocenters. The van der Waals surface area contributed by atoms with Gasteiger partial charge >= 0.3 is 0 Å². The van der Waals surface area contributed by atoms with E-state index >= 15 is 0 Å². The Morgan fingerprint density at radius 3 is 2.00 bits per heavy atom. The fourth-order valence-corrected chi connectivity index (χ4v) is 1.28. The molecular weight excluding hydrogens is 152 g/mol. The molecule has 0 aromatic heterocycles. The molecule has 0 fully saturated rings. The standard InChI is InChI=1S/C7H15ClS/c1-7(2)5-6-9(3,4)8/h5H,6H2,1-4H3. The van der Waals surface area contributed by atoms with E-state index in [0.717, 1.165) is 5.75 Å². The van der Waals surface area contributed by atoms with Gasteiger partial charge < -0.3 is 0 Å². The number of halogens is 1. The zero-order chi connectivity index (χ0) is 7.49. The van der Waals surface area contributed by atoms with Crippen LogP contribution in [0.25, 0.3) is 0 Å². The quantitative estimate of drug-likeness (QED) is 0.553. The van der Waals surface area contributed by atoms with E-state index < -0.39 is 9.24 Å². The smallest absolute Gasteiger partial charge is 0.00770 e. The molecule has 0 spiro atoms. The Bertz CT molecular complexity index is 107. The molecule has 0 saturated carbocycles. The summed E-state index contributed by atoms with van der Waals surface area (Å²) in [7, 11) is 5.19. The van der Waals surface area contributed by atoms with Gasteiger partial charge in [0.1, 0.15) is 0 Å². The van der Waals surface area contributed by atoms with Crippen LogP contribution in [0.4, 0.5) is 0 Å². The van der Waals surface area contributed by atoms with Crippen LogP contribution in [0.2, 0.25) is 0 Å². The molecule has 0 aliphatic rings. The third kappa shape index (κ3) is 8.38. The fraction of sp³-hybridized carbons (Fsp3) is 0.714. The lowest BCUT2D eigenvalue weighted by Gasteiger charge is -2.18. The third-order valence-electron chi connectivity index (χ3n) is 0.888. The van der Waals surface area contributed by atoms with E-state index in [1.807, 2.05) is 0 Å². The maximum atomic E-state index is 6.02. The predicted molar refractivity (Wildman–Crippen MR) is 49.6 cm³/mol. The van der Waals surface area contributed by atoms with Crippen molar-refractivity contribution >= 4 is 19.9 Å². The van der Waals surface area contributed by atoms with Crippen molar-refractivity contribution in [1.82, 2.24) is 0 Å². The van der Waals surface area contributed by atoms with Gasteiger partial charge in [-0.2, -0.15) is 9.24 Å². The molecule has 0 saturated heterocycles. The second-order valence-corrected chi connectivity index (χ2v) is 8.50. The zero-order valence-electron chi connectivity index (χ0n) is 6.57. The van der Waals surface area contributed by atoms with Crippen molar-refractivity contribution in [3.63, 3.8) is 0 Å². The molecule has 9 heavy (non-hydrogen) atoms. The Hall–Kier alpha value is 0.380. The minimum Gasteiger partial charge on any atom is -0.165 e. The maximum Gasteiger partial charge on any atom is 0.00770 e. The molecule has 0 N–H and O–H groups in total. The second-order valence-electron chi connectivity index (χ2n) is 2.85. The molecule has 56 valence electrons. The van der Waals surface area contributed by atoms with Crippen molar-refractivity contribution in [1.29, 1.82) is 0 Å². The number of hydrogen-bond acceptors (Lipinski definition) is 0. The first-order chi connectivity index (χ1) is 3.92. The van der Waals surface area contributed by atoms with Crippen LogP contribution in [0, 0.1) is 0 Å². The minimum absolute atomic E-state index is 0.823. The Balaban J connectivity index is 3.64. The van der Waals surface area contributed by atoms with E-state index in [-0.39, 0.29) is 0 Å². The van der Waals surface area contributed by atoms with Crippen molar-refractivity contribution in [2.24, 2.45) is 0 Å². The summed E-state index contributed by atoms with van der Waals surface area (Å²) in [6.07, 6.45) is 6.41. The molecule has 0 bridgehead atoms. The van der Waals surface area contributed by atoms with Gasteiger partial charge in [-0.25, -0.2) is 0 Å². The van der Waals surface area contributed by atoms with Crippen LogP contribution in [0.15, 0.2) is 11.6 Å². The van der Waals surface area contributed by atoms with E-state index in [1.165, 1.54) is 5.57 Å². The summed E-state index contributed by atoms with van der Waals surface area (Å²) < 4.78 is 0. The average Bonchev–Trinajstić information content (AvgIpc) is 1.59. The van der Waals surface area contributed by atoms with Crippen LogP contribution in [0.5, 0.6) is 0 Å². The van der Waals surface area contributed by atoms with Crippen LogP contribution in [-0.4, -0.2) is 18.3 Å². The lowest BCUT2D eigenvalue weighted by molar-refractivity contribution is 1.37. The lowest BCUT2D eigenvalue weighted by Crippen LogP contribution is -1.88. The molecule has 0 radical (unpaired) electrons. The first kappa shape index (κ1) is 9.38. The van der Waals surface area contributed by atoms with Crippen LogP contribution < -0.4 is 0 Å². The van der Waals surface area contributed by atoms with E-state index in [9.17, 15) is 0 Å². The normalized spacial score (nSPS) is 13.0. The van der Waals surface area contributed by atoms with Crippen LogP contribution in [0.1, 0.15) is 13.8 Å².